The van der Waals surface area contributed by atoms with Crippen molar-refractivity contribution in [1.82, 2.24) is 25.2 Å². The van der Waals surface area contributed by atoms with Gasteiger partial charge in [0.15, 0.2) is 0 Å². The zero-order valence-corrected chi connectivity index (χ0v) is 10.9. The summed E-state index contributed by atoms with van der Waals surface area (Å²) in [6, 6.07) is 1.12. The number of aryl methyl sites for hydroxylation is 1. The molecule has 16 heavy (non-hydrogen) atoms. The molecule has 2 rings (SSSR count). The van der Waals surface area contributed by atoms with Crippen molar-refractivity contribution in [2.24, 2.45) is 7.05 Å². The van der Waals surface area contributed by atoms with Crippen molar-refractivity contribution in [3.8, 4) is 0 Å². The van der Waals surface area contributed by atoms with Gasteiger partial charge in [0.05, 0.1) is 11.9 Å². The smallest absolute Gasteiger partial charge is 0.0738 e. The SMILES string of the molecule is CC1NCCN(Cc2cnnn2C)C1C.Cl. The fraction of sp³-hybridized carbons (Fsp3) is 0.800. The summed E-state index contributed by atoms with van der Waals surface area (Å²) in [6.45, 7) is 7.60. The molecule has 1 saturated heterocycles. The molecule has 0 radical (unpaired) electrons. The predicted octanol–water partition coefficient (Wildman–Crippen LogP) is 0.419. The van der Waals surface area contributed by atoms with Gasteiger partial charge in [-0.1, -0.05) is 5.21 Å². The van der Waals surface area contributed by atoms with Crippen molar-refractivity contribution < 1.29 is 0 Å². The van der Waals surface area contributed by atoms with Gasteiger partial charge in [0.2, 0.25) is 0 Å². The minimum absolute atomic E-state index is 0. The van der Waals surface area contributed by atoms with Gasteiger partial charge in [-0.2, -0.15) is 0 Å². The maximum Gasteiger partial charge on any atom is 0.0738 e. The Labute approximate surface area is 103 Å². The van der Waals surface area contributed by atoms with Gasteiger partial charge in [0.1, 0.15) is 0 Å². The fourth-order valence-corrected chi connectivity index (χ4v) is 2.01. The van der Waals surface area contributed by atoms with E-state index in [1.807, 2.05) is 17.9 Å². The molecule has 2 heterocycles. The zero-order chi connectivity index (χ0) is 10.8. The molecule has 1 fully saturated rings. The first-order chi connectivity index (χ1) is 7.18. The van der Waals surface area contributed by atoms with Crippen LogP contribution >= 0.6 is 12.4 Å². The number of piperazine rings is 1. The number of rotatable bonds is 2. The maximum atomic E-state index is 3.95. The minimum Gasteiger partial charge on any atom is -0.311 e. The van der Waals surface area contributed by atoms with Crippen molar-refractivity contribution >= 4 is 12.4 Å². The van der Waals surface area contributed by atoms with E-state index in [1.54, 1.807) is 0 Å². The zero-order valence-electron chi connectivity index (χ0n) is 10.1. The number of halogens is 1. The Morgan fingerprint density at radius 1 is 1.50 bits per heavy atom. The van der Waals surface area contributed by atoms with Crippen LogP contribution in [0.2, 0.25) is 0 Å². The predicted molar refractivity (Wildman–Crippen MR) is 65.6 cm³/mol. The highest BCUT2D eigenvalue weighted by atomic mass is 35.5. The van der Waals surface area contributed by atoms with Crippen LogP contribution in [-0.4, -0.2) is 45.1 Å². The third-order valence-corrected chi connectivity index (χ3v) is 3.34. The second-order valence-electron chi connectivity index (χ2n) is 4.30. The molecule has 0 amide bonds. The van der Waals surface area contributed by atoms with E-state index in [9.17, 15) is 0 Å². The number of hydrogen-bond acceptors (Lipinski definition) is 4. The lowest BCUT2D eigenvalue weighted by molar-refractivity contribution is 0.128. The molecule has 1 N–H and O–H groups in total. The minimum atomic E-state index is 0. The van der Waals surface area contributed by atoms with Crippen molar-refractivity contribution in [2.45, 2.75) is 32.5 Å². The summed E-state index contributed by atoms with van der Waals surface area (Å²) in [5, 5.41) is 11.3. The van der Waals surface area contributed by atoms with E-state index in [4.69, 9.17) is 0 Å². The van der Waals surface area contributed by atoms with Crippen molar-refractivity contribution in [2.75, 3.05) is 13.1 Å². The van der Waals surface area contributed by atoms with Crippen LogP contribution in [0.15, 0.2) is 6.20 Å². The molecule has 1 aromatic heterocycles. The normalized spacial score (nSPS) is 26.4. The molecule has 1 aliphatic heterocycles. The van der Waals surface area contributed by atoms with Crippen molar-refractivity contribution in [3.05, 3.63) is 11.9 Å². The first-order valence-corrected chi connectivity index (χ1v) is 5.49. The monoisotopic (exact) mass is 245 g/mol. The van der Waals surface area contributed by atoms with Gasteiger partial charge in [0, 0.05) is 38.8 Å². The third-order valence-electron chi connectivity index (χ3n) is 3.34. The second kappa shape index (κ2) is 5.61. The highest BCUT2D eigenvalue weighted by Crippen LogP contribution is 2.12. The summed E-state index contributed by atoms with van der Waals surface area (Å²) >= 11 is 0. The number of hydrogen-bond donors (Lipinski definition) is 1. The van der Waals surface area contributed by atoms with Crippen LogP contribution < -0.4 is 5.32 Å². The summed E-state index contributed by atoms with van der Waals surface area (Å²) in [7, 11) is 1.94. The molecule has 0 bridgehead atoms. The topological polar surface area (TPSA) is 46.0 Å². The summed E-state index contributed by atoms with van der Waals surface area (Å²) in [5.41, 5.74) is 1.18. The second-order valence-corrected chi connectivity index (χ2v) is 4.30. The molecule has 1 aliphatic rings. The van der Waals surface area contributed by atoms with Crippen LogP contribution in [-0.2, 0) is 13.6 Å². The van der Waals surface area contributed by atoms with Crippen molar-refractivity contribution in [1.29, 1.82) is 0 Å². The van der Waals surface area contributed by atoms with E-state index < -0.39 is 0 Å². The van der Waals surface area contributed by atoms with E-state index in [0.29, 0.717) is 12.1 Å². The van der Waals surface area contributed by atoms with Crippen LogP contribution in [0.3, 0.4) is 0 Å². The Kier molecular flexibility index (Phi) is 4.70. The van der Waals surface area contributed by atoms with E-state index in [-0.39, 0.29) is 12.4 Å². The van der Waals surface area contributed by atoms with E-state index >= 15 is 0 Å². The van der Waals surface area contributed by atoms with Gasteiger partial charge in [-0.3, -0.25) is 9.58 Å². The Hall–Kier alpha value is -0.650. The van der Waals surface area contributed by atoms with Crippen LogP contribution in [0.1, 0.15) is 19.5 Å². The summed E-state index contributed by atoms with van der Waals surface area (Å²) in [6.07, 6.45) is 1.85. The number of nitrogens with one attached hydrogen (secondary N) is 1. The molecule has 1 aromatic rings. The lowest BCUT2D eigenvalue weighted by atomic mass is 10.1. The van der Waals surface area contributed by atoms with Crippen LogP contribution in [0.25, 0.3) is 0 Å². The average molecular weight is 246 g/mol. The van der Waals surface area contributed by atoms with Gasteiger partial charge in [0.25, 0.3) is 0 Å². The molecule has 5 nitrogen and oxygen atoms in total. The van der Waals surface area contributed by atoms with Crippen molar-refractivity contribution in [3.63, 3.8) is 0 Å². The lowest BCUT2D eigenvalue weighted by Gasteiger charge is -2.38. The Bertz CT molecular complexity index is 327. The average Bonchev–Trinajstić information content (AvgIpc) is 2.60. The molecule has 92 valence electrons. The lowest BCUT2D eigenvalue weighted by Crippen LogP contribution is -2.54. The van der Waals surface area contributed by atoms with E-state index in [2.05, 4.69) is 34.4 Å². The quantitative estimate of drug-likeness (QED) is 0.821. The number of nitrogens with zero attached hydrogens (tertiary/aromatic N) is 4. The van der Waals surface area contributed by atoms with Crippen LogP contribution in [0.5, 0.6) is 0 Å². The fourth-order valence-electron chi connectivity index (χ4n) is 2.01. The Morgan fingerprint density at radius 2 is 2.25 bits per heavy atom. The molecule has 0 spiro atoms. The van der Waals surface area contributed by atoms with Crippen LogP contribution in [0.4, 0.5) is 0 Å². The largest absolute Gasteiger partial charge is 0.311 e. The molecule has 0 saturated carbocycles. The number of aromatic nitrogens is 3. The van der Waals surface area contributed by atoms with E-state index in [0.717, 1.165) is 19.6 Å². The molecular weight excluding hydrogens is 226 g/mol. The van der Waals surface area contributed by atoms with Gasteiger partial charge >= 0.3 is 0 Å². The maximum absolute atomic E-state index is 3.95. The van der Waals surface area contributed by atoms with Gasteiger partial charge < -0.3 is 5.32 Å². The van der Waals surface area contributed by atoms with E-state index in [1.165, 1.54) is 5.69 Å². The highest BCUT2D eigenvalue weighted by Gasteiger charge is 2.24. The first-order valence-electron chi connectivity index (χ1n) is 5.49. The molecular formula is C10H20ClN5. The molecule has 2 unspecified atom stereocenters. The summed E-state index contributed by atoms with van der Waals surface area (Å²) < 4.78 is 1.85. The first kappa shape index (κ1) is 13.4. The van der Waals surface area contributed by atoms with Gasteiger partial charge in [-0.25, -0.2) is 0 Å². The highest BCUT2D eigenvalue weighted by molar-refractivity contribution is 5.85. The van der Waals surface area contributed by atoms with Gasteiger partial charge in [-0.05, 0) is 13.8 Å². The molecule has 6 heteroatoms. The van der Waals surface area contributed by atoms with Gasteiger partial charge in [-0.15, -0.1) is 17.5 Å². The Morgan fingerprint density at radius 3 is 2.88 bits per heavy atom. The van der Waals surface area contributed by atoms with Crippen LogP contribution in [0, 0.1) is 0 Å². The molecule has 2 atom stereocenters. The summed E-state index contributed by atoms with van der Waals surface area (Å²) in [4.78, 5) is 2.47. The summed E-state index contributed by atoms with van der Waals surface area (Å²) in [5.74, 6) is 0. The third kappa shape index (κ3) is 2.72. The molecule has 0 aliphatic carbocycles. The standard InChI is InChI=1S/C10H19N5.ClH/c1-8-9(2)15(5-4-11-8)7-10-6-12-13-14(10)3;/h6,8-9,11H,4-5,7H2,1-3H3;1H. The Balaban J connectivity index is 0.00000128. The molecule has 0 aromatic carbocycles.